The number of halogens is 2. The smallest absolute Gasteiger partial charge is 0.292 e. The summed E-state index contributed by atoms with van der Waals surface area (Å²) in [5, 5.41) is 13.9. The van der Waals surface area contributed by atoms with Gasteiger partial charge in [0.25, 0.3) is 5.69 Å². The molecule has 0 bridgehead atoms. The number of piperazine rings is 1. The van der Waals surface area contributed by atoms with Gasteiger partial charge in [-0.1, -0.05) is 41.4 Å². The Kier molecular flexibility index (Phi) is 6.81. The lowest BCUT2D eigenvalue weighted by Crippen LogP contribution is -2.51. The van der Waals surface area contributed by atoms with E-state index in [2.05, 4.69) is 5.32 Å². The van der Waals surface area contributed by atoms with Crippen LogP contribution in [-0.4, -0.2) is 61.2 Å². The Bertz CT molecular complexity index is 1050. The molecule has 9 nitrogen and oxygen atoms in total. The van der Waals surface area contributed by atoms with Crippen molar-refractivity contribution in [1.29, 1.82) is 0 Å². The monoisotopic (exact) mass is 472 g/mol. The first kappa shape index (κ1) is 22.3. The summed E-state index contributed by atoms with van der Waals surface area (Å²) < 4.78 is 27.0. The van der Waals surface area contributed by atoms with E-state index in [4.69, 9.17) is 23.2 Å². The zero-order valence-electron chi connectivity index (χ0n) is 15.6. The highest BCUT2D eigenvalue weighted by molar-refractivity contribution is 7.89. The SMILES string of the molecule is O=C(CNc1ccccc1[N+](=O)[O-])N1CCN(S(=O)(=O)c2c(Cl)cccc2Cl)CC1. The molecule has 30 heavy (non-hydrogen) atoms. The first-order chi connectivity index (χ1) is 14.2. The first-order valence-corrected chi connectivity index (χ1v) is 11.1. The summed E-state index contributed by atoms with van der Waals surface area (Å²) >= 11 is 12.1. The van der Waals surface area contributed by atoms with Crippen LogP contribution in [0.15, 0.2) is 47.4 Å². The molecule has 1 saturated heterocycles. The molecule has 2 aromatic rings. The number of nitrogens with one attached hydrogen (secondary N) is 1. The molecule has 1 N–H and O–H groups in total. The Hall–Kier alpha value is -2.40. The molecule has 1 amide bonds. The molecule has 2 aromatic carbocycles. The summed E-state index contributed by atoms with van der Waals surface area (Å²) in [5.74, 6) is -0.291. The van der Waals surface area contributed by atoms with Crippen molar-refractivity contribution in [3.05, 3.63) is 62.6 Å². The van der Waals surface area contributed by atoms with Crippen molar-refractivity contribution in [2.24, 2.45) is 0 Å². The summed E-state index contributed by atoms with van der Waals surface area (Å²) in [6.45, 7) is 0.383. The molecule has 1 fully saturated rings. The molecule has 0 radical (unpaired) electrons. The van der Waals surface area contributed by atoms with Gasteiger partial charge in [0.15, 0.2) is 0 Å². The molecule has 1 aliphatic heterocycles. The lowest BCUT2D eigenvalue weighted by Gasteiger charge is -2.34. The normalized spacial score (nSPS) is 15.1. The van der Waals surface area contributed by atoms with Crippen LogP contribution in [-0.2, 0) is 14.8 Å². The topological polar surface area (TPSA) is 113 Å². The van der Waals surface area contributed by atoms with E-state index < -0.39 is 14.9 Å². The van der Waals surface area contributed by atoms with E-state index in [0.717, 1.165) is 0 Å². The lowest BCUT2D eigenvalue weighted by molar-refractivity contribution is -0.383. The number of para-hydroxylation sites is 2. The minimum absolute atomic E-state index is 0.0367. The summed E-state index contributed by atoms with van der Waals surface area (Å²) in [4.78, 5) is 24.3. The van der Waals surface area contributed by atoms with Crippen LogP contribution in [0.1, 0.15) is 0 Å². The predicted molar refractivity (Wildman–Crippen MR) is 113 cm³/mol. The Labute approximate surface area is 183 Å². The third-order valence-corrected chi connectivity index (χ3v) is 7.49. The molecule has 0 spiro atoms. The number of sulfonamides is 1. The summed E-state index contributed by atoms with van der Waals surface area (Å²) in [7, 11) is -3.90. The second-order valence-corrected chi connectivity index (χ2v) is 9.15. The Morgan fingerprint density at radius 1 is 1.03 bits per heavy atom. The summed E-state index contributed by atoms with van der Waals surface area (Å²) in [5.41, 5.74) is 0.114. The fourth-order valence-corrected chi connectivity index (χ4v) is 5.61. The Morgan fingerprint density at radius 3 is 2.23 bits per heavy atom. The number of carbonyl (C=O) groups is 1. The maximum atomic E-state index is 12.9. The Morgan fingerprint density at radius 2 is 1.63 bits per heavy atom. The molecule has 0 atom stereocenters. The van der Waals surface area contributed by atoms with Gasteiger partial charge in [-0.15, -0.1) is 0 Å². The van der Waals surface area contributed by atoms with Gasteiger partial charge in [-0.25, -0.2) is 8.42 Å². The van der Waals surface area contributed by atoms with Gasteiger partial charge in [0.05, 0.1) is 21.5 Å². The minimum atomic E-state index is -3.90. The third-order valence-electron chi connectivity index (χ3n) is 4.64. The van der Waals surface area contributed by atoms with Crippen LogP contribution >= 0.6 is 23.2 Å². The van der Waals surface area contributed by atoms with Crippen molar-refractivity contribution in [3.8, 4) is 0 Å². The van der Waals surface area contributed by atoms with Gasteiger partial charge in [-0.2, -0.15) is 4.31 Å². The number of nitro groups is 1. The highest BCUT2D eigenvalue weighted by Gasteiger charge is 2.33. The number of nitrogens with zero attached hydrogens (tertiary/aromatic N) is 3. The second kappa shape index (κ2) is 9.17. The highest BCUT2D eigenvalue weighted by atomic mass is 35.5. The molecule has 160 valence electrons. The van der Waals surface area contributed by atoms with Crippen molar-refractivity contribution in [3.63, 3.8) is 0 Å². The van der Waals surface area contributed by atoms with Gasteiger partial charge < -0.3 is 10.2 Å². The number of amides is 1. The van der Waals surface area contributed by atoms with E-state index in [0.29, 0.717) is 0 Å². The average Bonchev–Trinajstić information content (AvgIpc) is 2.72. The molecule has 0 aliphatic carbocycles. The maximum Gasteiger partial charge on any atom is 0.292 e. The van der Waals surface area contributed by atoms with Gasteiger partial charge in [0, 0.05) is 32.2 Å². The van der Waals surface area contributed by atoms with E-state index in [9.17, 15) is 23.3 Å². The molecule has 1 aliphatic rings. The number of anilines is 1. The van der Waals surface area contributed by atoms with Crippen LogP contribution in [0.5, 0.6) is 0 Å². The fraction of sp³-hybridized carbons (Fsp3) is 0.278. The number of benzene rings is 2. The standard InChI is InChI=1S/C18H18Cl2N4O5S/c19-13-4-3-5-14(20)18(13)30(28,29)23-10-8-22(9-11-23)17(25)12-21-15-6-1-2-7-16(15)24(26)27/h1-7,21H,8-12H2. The number of hydrogen-bond acceptors (Lipinski definition) is 6. The van der Waals surface area contributed by atoms with E-state index >= 15 is 0 Å². The average molecular weight is 473 g/mol. The molecule has 0 unspecified atom stereocenters. The highest BCUT2D eigenvalue weighted by Crippen LogP contribution is 2.32. The van der Waals surface area contributed by atoms with Crippen LogP contribution in [0.2, 0.25) is 10.0 Å². The van der Waals surface area contributed by atoms with Crippen molar-refractivity contribution >= 4 is 50.5 Å². The van der Waals surface area contributed by atoms with Crippen molar-refractivity contribution in [1.82, 2.24) is 9.21 Å². The number of hydrogen-bond donors (Lipinski definition) is 1. The van der Waals surface area contributed by atoms with Crippen molar-refractivity contribution in [2.75, 3.05) is 38.0 Å². The van der Waals surface area contributed by atoms with E-state index in [1.165, 1.54) is 39.5 Å². The number of nitro benzene ring substituents is 1. The Balaban J connectivity index is 1.62. The van der Waals surface area contributed by atoms with Gasteiger partial charge in [-0.3, -0.25) is 14.9 Å². The van der Waals surface area contributed by atoms with Gasteiger partial charge in [0.2, 0.25) is 15.9 Å². The quantitative estimate of drug-likeness (QED) is 0.510. The zero-order chi connectivity index (χ0) is 21.9. The number of carbonyl (C=O) groups excluding carboxylic acids is 1. The van der Waals surface area contributed by atoms with Crippen molar-refractivity contribution in [2.45, 2.75) is 4.90 Å². The maximum absolute atomic E-state index is 12.9. The van der Waals surface area contributed by atoms with Gasteiger partial charge >= 0.3 is 0 Å². The largest absolute Gasteiger partial charge is 0.371 e. The predicted octanol–water partition coefficient (Wildman–Crippen LogP) is 2.85. The van der Waals surface area contributed by atoms with Crippen LogP contribution in [0, 0.1) is 10.1 Å². The molecular weight excluding hydrogens is 455 g/mol. The minimum Gasteiger partial charge on any atom is -0.371 e. The van der Waals surface area contributed by atoms with E-state index in [-0.39, 0.29) is 64.9 Å². The second-order valence-electron chi connectivity index (χ2n) is 6.46. The van der Waals surface area contributed by atoms with Gasteiger partial charge in [0.1, 0.15) is 10.6 Å². The van der Waals surface area contributed by atoms with Crippen LogP contribution < -0.4 is 5.32 Å². The fourth-order valence-electron chi connectivity index (χ4n) is 3.10. The molecule has 3 rings (SSSR count). The van der Waals surface area contributed by atoms with E-state index in [1.54, 1.807) is 12.1 Å². The van der Waals surface area contributed by atoms with E-state index in [1.807, 2.05) is 0 Å². The lowest BCUT2D eigenvalue weighted by atomic mass is 10.2. The third kappa shape index (κ3) is 4.67. The van der Waals surface area contributed by atoms with Crippen molar-refractivity contribution < 1.29 is 18.1 Å². The first-order valence-electron chi connectivity index (χ1n) is 8.91. The number of rotatable bonds is 6. The molecular formula is C18H18Cl2N4O5S. The summed E-state index contributed by atoms with van der Waals surface area (Å²) in [6, 6.07) is 10.5. The van der Waals surface area contributed by atoms with Crippen LogP contribution in [0.4, 0.5) is 11.4 Å². The molecule has 12 heteroatoms. The molecule has 0 aromatic heterocycles. The van der Waals surface area contributed by atoms with Crippen LogP contribution in [0.25, 0.3) is 0 Å². The zero-order valence-corrected chi connectivity index (χ0v) is 18.0. The van der Waals surface area contributed by atoms with Crippen LogP contribution in [0.3, 0.4) is 0 Å². The van der Waals surface area contributed by atoms with Gasteiger partial charge in [-0.05, 0) is 18.2 Å². The summed E-state index contributed by atoms with van der Waals surface area (Å²) in [6.07, 6.45) is 0. The molecule has 0 saturated carbocycles. The molecule has 1 heterocycles.